The summed E-state index contributed by atoms with van der Waals surface area (Å²) in [5.74, 6) is 1.25. The van der Waals surface area contributed by atoms with Crippen LogP contribution in [0, 0.1) is 11.8 Å². The molecule has 0 saturated heterocycles. The third-order valence-corrected chi connectivity index (χ3v) is 11.9. The molecular formula is C38H47O4S+. The number of hydrogen-bond acceptors (Lipinski definition) is 4. The molecule has 1 N–H and O–H groups in total. The summed E-state index contributed by atoms with van der Waals surface area (Å²) in [5, 5.41) is 11.0. The molecule has 0 spiro atoms. The zero-order valence-corrected chi connectivity index (χ0v) is 27.4. The standard InChI is InChI=1S/C38H47O4S/c1-35(2,3)28-7-13-31(14-8-28)43(32-15-9-29(10-16-32)36(4,5)6)33-17-11-30(12-18-33)41-24-34(39)42-38-22-26-19-27(23-38)21-37(40,20-26)25-38/h7-18,26-27,40H,19-25H2,1-6H3/q+1. The van der Waals surface area contributed by atoms with Crippen LogP contribution < -0.4 is 4.74 Å². The Hall–Kier alpha value is -2.76. The lowest BCUT2D eigenvalue weighted by atomic mass is 9.52. The first-order chi connectivity index (χ1) is 20.2. The molecule has 4 fully saturated rings. The van der Waals surface area contributed by atoms with Gasteiger partial charge in [0.2, 0.25) is 0 Å². The lowest BCUT2D eigenvalue weighted by molar-refractivity contribution is -0.220. The molecule has 3 aromatic carbocycles. The monoisotopic (exact) mass is 599 g/mol. The van der Waals surface area contributed by atoms with Crippen LogP contribution in [-0.2, 0) is 31.3 Å². The largest absolute Gasteiger partial charge is 0.482 e. The molecule has 228 valence electrons. The molecule has 0 heterocycles. The number of aliphatic hydroxyl groups is 1. The fourth-order valence-electron chi connectivity index (χ4n) is 7.93. The molecule has 4 nitrogen and oxygen atoms in total. The molecule has 2 unspecified atom stereocenters. The van der Waals surface area contributed by atoms with E-state index in [1.165, 1.54) is 25.8 Å². The summed E-state index contributed by atoms with van der Waals surface area (Å²) in [6.45, 7) is 13.3. The van der Waals surface area contributed by atoms with Crippen LogP contribution in [0.4, 0.5) is 0 Å². The summed E-state index contributed by atoms with van der Waals surface area (Å²) in [6.07, 6.45) is 5.20. The molecule has 4 bridgehead atoms. The molecule has 4 aliphatic carbocycles. The topological polar surface area (TPSA) is 55.8 Å². The number of ether oxygens (including phenoxy) is 2. The van der Waals surface area contributed by atoms with Gasteiger partial charge in [-0.25, -0.2) is 4.79 Å². The van der Waals surface area contributed by atoms with Crippen molar-refractivity contribution in [3.05, 3.63) is 83.9 Å². The van der Waals surface area contributed by atoms with E-state index in [1.807, 2.05) is 12.1 Å². The summed E-state index contributed by atoms with van der Waals surface area (Å²) in [5.41, 5.74) is 1.67. The van der Waals surface area contributed by atoms with Gasteiger partial charge in [-0.2, -0.15) is 0 Å². The van der Waals surface area contributed by atoms with Crippen LogP contribution in [0.3, 0.4) is 0 Å². The van der Waals surface area contributed by atoms with E-state index in [-0.39, 0.29) is 34.3 Å². The number of carbonyl (C=O) groups is 1. The maximum Gasteiger partial charge on any atom is 0.344 e. The predicted molar refractivity (Wildman–Crippen MR) is 173 cm³/mol. The van der Waals surface area contributed by atoms with Crippen molar-refractivity contribution in [3.63, 3.8) is 0 Å². The van der Waals surface area contributed by atoms with Crippen LogP contribution in [0.1, 0.15) is 91.2 Å². The molecule has 4 aliphatic rings. The molecule has 43 heavy (non-hydrogen) atoms. The van der Waals surface area contributed by atoms with Gasteiger partial charge in [-0.1, -0.05) is 65.8 Å². The number of benzene rings is 3. The van der Waals surface area contributed by atoms with Crippen molar-refractivity contribution < 1.29 is 19.4 Å². The summed E-state index contributed by atoms with van der Waals surface area (Å²) in [6, 6.07) is 26.2. The van der Waals surface area contributed by atoms with Crippen molar-refractivity contribution in [2.24, 2.45) is 11.8 Å². The summed E-state index contributed by atoms with van der Waals surface area (Å²) < 4.78 is 12.0. The van der Waals surface area contributed by atoms with Crippen molar-refractivity contribution in [1.29, 1.82) is 0 Å². The molecule has 2 atom stereocenters. The van der Waals surface area contributed by atoms with Crippen molar-refractivity contribution in [2.45, 2.75) is 117 Å². The number of carbonyl (C=O) groups excluding carboxylic acids is 1. The highest BCUT2D eigenvalue weighted by Crippen LogP contribution is 2.58. The van der Waals surface area contributed by atoms with E-state index >= 15 is 0 Å². The van der Waals surface area contributed by atoms with Gasteiger partial charge >= 0.3 is 5.97 Å². The summed E-state index contributed by atoms with van der Waals surface area (Å²) >= 11 is 0. The van der Waals surface area contributed by atoms with E-state index < -0.39 is 11.2 Å². The van der Waals surface area contributed by atoms with Gasteiger partial charge in [-0.15, -0.1) is 0 Å². The fraction of sp³-hybridized carbons (Fsp3) is 0.500. The lowest BCUT2D eigenvalue weighted by Gasteiger charge is -2.59. The Balaban J connectivity index is 1.17. The van der Waals surface area contributed by atoms with Crippen molar-refractivity contribution in [1.82, 2.24) is 0 Å². The molecule has 5 heteroatoms. The second-order valence-corrected chi connectivity index (χ2v) is 17.5. The Kier molecular flexibility index (Phi) is 7.74. The highest BCUT2D eigenvalue weighted by molar-refractivity contribution is 7.97. The van der Waals surface area contributed by atoms with E-state index in [0.29, 0.717) is 24.0 Å². The zero-order valence-electron chi connectivity index (χ0n) is 26.6. The summed E-state index contributed by atoms with van der Waals surface area (Å²) in [7, 11) is -0.289. The SMILES string of the molecule is CC(C)(C)c1ccc([S+](c2ccc(OCC(=O)OC34CC5CC(CC(O)(C5)C3)C4)cc2)c2ccc(C(C)(C)C)cc2)cc1. The quantitative estimate of drug-likeness (QED) is 0.219. The highest BCUT2D eigenvalue weighted by Gasteiger charge is 2.59. The van der Waals surface area contributed by atoms with Gasteiger partial charge in [0.25, 0.3) is 0 Å². The normalized spacial score (nSPS) is 26.5. The Morgan fingerprint density at radius 1 is 0.744 bits per heavy atom. The predicted octanol–water partition coefficient (Wildman–Crippen LogP) is 8.38. The van der Waals surface area contributed by atoms with E-state index in [4.69, 9.17) is 9.47 Å². The van der Waals surface area contributed by atoms with Gasteiger partial charge < -0.3 is 14.6 Å². The minimum absolute atomic E-state index is 0.0980. The minimum Gasteiger partial charge on any atom is -0.482 e. The molecule has 7 rings (SSSR count). The third kappa shape index (κ3) is 6.54. The number of esters is 1. The number of hydrogen-bond donors (Lipinski definition) is 1. The van der Waals surface area contributed by atoms with Gasteiger partial charge in [0.1, 0.15) is 11.4 Å². The maximum absolute atomic E-state index is 12.9. The Bertz CT molecular complexity index is 1370. The molecule has 0 aromatic heterocycles. The van der Waals surface area contributed by atoms with Crippen LogP contribution in [0.25, 0.3) is 0 Å². The molecular weight excluding hydrogens is 552 g/mol. The Morgan fingerprint density at radius 3 is 1.60 bits per heavy atom. The summed E-state index contributed by atoms with van der Waals surface area (Å²) in [4.78, 5) is 16.7. The van der Waals surface area contributed by atoms with Crippen LogP contribution in [0.2, 0.25) is 0 Å². The Morgan fingerprint density at radius 2 is 1.19 bits per heavy atom. The van der Waals surface area contributed by atoms with Gasteiger partial charge in [-0.3, -0.25) is 0 Å². The van der Waals surface area contributed by atoms with E-state index in [0.717, 1.165) is 32.1 Å². The Labute approximate surface area is 260 Å². The van der Waals surface area contributed by atoms with Crippen molar-refractivity contribution in [2.75, 3.05) is 6.61 Å². The first-order valence-electron chi connectivity index (χ1n) is 15.8. The second-order valence-electron chi connectivity index (χ2n) is 15.5. The fourth-order valence-corrected chi connectivity index (χ4v) is 9.97. The second kappa shape index (κ2) is 11.0. The average molecular weight is 600 g/mol. The zero-order chi connectivity index (χ0) is 30.6. The van der Waals surface area contributed by atoms with Crippen molar-refractivity contribution >= 4 is 16.9 Å². The van der Waals surface area contributed by atoms with E-state index in [2.05, 4.69) is 102 Å². The molecule has 0 radical (unpaired) electrons. The van der Waals surface area contributed by atoms with E-state index in [9.17, 15) is 9.90 Å². The first kappa shape index (κ1) is 30.3. The minimum atomic E-state index is -0.654. The van der Waals surface area contributed by atoms with E-state index in [1.54, 1.807) is 0 Å². The number of rotatable bonds is 7. The third-order valence-electron chi connectivity index (χ3n) is 9.64. The van der Waals surface area contributed by atoms with Gasteiger partial charge in [0.15, 0.2) is 21.3 Å². The van der Waals surface area contributed by atoms with Gasteiger partial charge in [0.05, 0.1) is 16.5 Å². The van der Waals surface area contributed by atoms with Crippen LogP contribution in [0.15, 0.2) is 87.5 Å². The van der Waals surface area contributed by atoms with Crippen LogP contribution in [-0.4, -0.2) is 28.9 Å². The van der Waals surface area contributed by atoms with Crippen molar-refractivity contribution in [3.8, 4) is 5.75 Å². The first-order valence-corrected chi connectivity index (χ1v) is 17.1. The molecule has 3 aromatic rings. The maximum atomic E-state index is 12.9. The lowest BCUT2D eigenvalue weighted by Crippen LogP contribution is -2.60. The van der Waals surface area contributed by atoms with Gasteiger partial charge in [-0.05, 0) is 114 Å². The average Bonchev–Trinajstić information content (AvgIpc) is 2.91. The highest BCUT2D eigenvalue weighted by atomic mass is 32.2. The molecule has 4 saturated carbocycles. The van der Waals surface area contributed by atoms with Crippen LogP contribution in [0.5, 0.6) is 5.75 Å². The van der Waals surface area contributed by atoms with Gasteiger partial charge in [0, 0.05) is 6.42 Å². The molecule has 0 aliphatic heterocycles. The van der Waals surface area contributed by atoms with Crippen LogP contribution >= 0.6 is 0 Å². The smallest absolute Gasteiger partial charge is 0.344 e. The molecule has 0 amide bonds.